The lowest BCUT2D eigenvalue weighted by molar-refractivity contribution is 0.0948. The van der Waals surface area contributed by atoms with Crippen LogP contribution in [0, 0.1) is 0 Å². The van der Waals surface area contributed by atoms with Gasteiger partial charge in [-0.15, -0.1) is 0 Å². The van der Waals surface area contributed by atoms with Gasteiger partial charge in [0.2, 0.25) is 0 Å². The van der Waals surface area contributed by atoms with Crippen LogP contribution in [-0.4, -0.2) is 36.9 Å². The van der Waals surface area contributed by atoms with E-state index in [-0.39, 0.29) is 5.91 Å². The first kappa shape index (κ1) is 16.4. The van der Waals surface area contributed by atoms with Crippen LogP contribution in [0.25, 0.3) is 0 Å². The van der Waals surface area contributed by atoms with Gasteiger partial charge in [-0.1, -0.05) is 6.07 Å². The number of benzene rings is 1. The van der Waals surface area contributed by atoms with Crippen LogP contribution in [0.4, 0.5) is 0 Å². The summed E-state index contributed by atoms with van der Waals surface area (Å²) in [5.74, 6) is 1.30. The predicted molar refractivity (Wildman–Crippen MR) is 90.8 cm³/mol. The number of aromatic amines is 1. The third-order valence-electron chi connectivity index (χ3n) is 4.42. The smallest absolute Gasteiger partial charge is 0.272 e. The van der Waals surface area contributed by atoms with Crippen LogP contribution in [0.15, 0.2) is 18.2 Å². The maximum atomic E-state index is 12.4. The van der Waals surface area contributed by atoms with Crippen molar-refractivity contribution in [2.75, 3.05) is 20.8 Å². The molecule has 6 nitrogen and oxygen atoms in total. The van der Waals surface area contributed by atoms with E-state index in [1.54, 1.807) is 14.2 Å². The molecule has 0 atom stereocenters. The molecule has 1 aliphatic carbocycles. The van der Waals surface area contributed by atoms with Gasteiger partial charge in [0.05, 0.1) is 14.2 Å². The van der Waals surface area contributed by atoms with Crippen LogP contribution in [0.5, 0.6) is 11.5 Å². The Morgan fingerprint density at radius 2 is 2.00 bits per heavy atom. The lowest BCUT2D eigenvalue weighted by Gasteiger charge is -2.11. The third kappa shape index (κ3) is 3.37. The summed E-state index contributed by atoms with van der Waals surface area (Å²) < 4.78 is 10.5. The Bertz CT molecular complexity index is 724. The number of rotatable bonds is 6. The SMILES string of the molecule is COc1ccc(CCNC(=O)c2n[nH]c3c2CCCC3)cc1OC. The molecule has 24 heavy (non-hydrogen) atoms. The molecule has 0 fully saturated rings. The van der Waals surface area contributed by atoms with E-state index in [1.807, 2.05) is 18.2 Å². The van der Waals surface area contributed by atoms with Gasteiger partial charge in [0.1, 0.15) is 0 Å². The lowest BCUT2D eigenvalue weighted by Crippen LogP contribution is -2.27. The number of fused-ring (bicyclic) bond motifs is 1. The number of aryl methyl sites for hydroxylation is 1. The maximum absolute atomic E-state index is 12.4. The Kier molecular flexibility index (Phi) is 5.03. The summed E-state index contributed by atoms with van der Waals surface area (Å²) in [6, 6.07) is 5.78. The Morgan fingerprint density at radius 3 is 2.79 bits per heavy atom. The molecule has 6 heteroatoms. The van der Waals surface area contributed by atoms with Crippen molar-refractivity contribution in [3.05, 3.63) is 40.7 Å². The molecule has 0 spiro atoms. The van der Waals surface area contributed by atoms with E-state index < -0.39 is 0 Å². The molecule has 0 radical (unpaired) electrons. The number of hydrogen-bond donors (Lipinski definition) is 2. The van der Waals surface area contributed by atoms with Gasteiger partial charge in [0.15, 0.2) is 17.2 Å². The first-order valence-electron chi connectivity index (χ1n) is 8.28. The molecule has 1 aromatic carbocycles. The van der Waals surface area contributed by atoms with Crippen LogP contribution in [0.1, 0.15) is 40.2 Å². The summed E-state index contributed by atoms with van der Waals surface area (Å²) in [6.45, 7) is 0.552. The molecule has 2 N–H and O–H groups in total. The molecule has 1 aromatic heterocycles. The van der Waals surface area contributed by atoms with E-state index in [0.717, 1.165) is 48.9 Å². The fraction of sp³-hybridized carbons (Fsp3) is 0.444. The molecule has 0 saturated heterocycles. The molecular formula is C18H23N3O3. The van der Waals surface area contributed by atoms with Crippen molar-refractivity contribution in [3.63, 3.8) is 0 Å². The average molecular weight is 329 g/mol. The zero-order valence-electron chi connectivity index (χ0n) is 14.1. The van der Waals surface area contributed by atoms with Crippen molar-refractivity contribution in [1.29, 1.82) is 0 Å². The second-order valence-electron chi connectivity index (χ2n) is 5.93. The van der Waals surface area contributed by atoms with Gasteiger partial charge in [-0.2, -0.15) is 5.10 Å². The van der Waals surface area contributed by atoms with Crippen LogP contribution >= 0.6 is 0 Å². The molecular weight excluding hydrogens is 306 g/mol. The molecule has 128 valence electrons. The Morgan fingerprint density at radius 1 is 1.21 bits per heavy atom. The van der Waals surface area contributed by atoms with Crippen LogP contribution in [-0.2, 0) is 19.3 Å². The first-order valence-corrected chi connectivity index (χ1v) is 8.28. The van der Waals surface area contributed by atoms with E-state index in [9.17, 15) is 4.79 Å². The molecule has 1 aliphatic rings. The number of ether oxygens (including phenoxy) is 2. The van der Waals surface area contributed by atoms with Crippen LogP contribution < -0.4 is 14.8 Å². The lowest BCUT2D eigenvalue weighted by atomic mass is 9.96. The van der Waals surface area contributed by atoms with Crippen molar-refractivity contribution >= 4 is 5.91 Å². The van der Waals surface area contributed by atoms with Gasteiger partial charge in [0.25, 0.3) is 5.91 Å². The van der Waals surface area contributed by atoms with Crippen molar-refractivity contribution in [2.24, 2.45) is 0 Å². The number of hydrogen-bond acceptors (Lipinski definition) is 4. The first-order chi connectivity index (χ1) is 11.7. The number of H-pyrrole nitrogens is 1. The Labute approximate surface area is 141 Å². The zero-order chi connectivity index (χ0) is 16.9. The minimum atomic E-state index is -0.102. The van der Waals surface area contributed by atoms with Gasteiger partial charge in [-0.3, -0.25) is 9.89 Å². The monoisotopic (exact) mass is 329 g/mol. The summed E-state index contributed by atoms with van der Waals surface area (Å²) in [7, 11) is 3.23. The Balaban J connectivity index is 1.58. The van der Waals surface area contributed by atoms with Crippen molar-refractivity contribution in [2.45, 2.75) is 32.1 Å². The topological polar surface area (TPSA) is 76.2 Å². The highest BCUT2D eigenvalue weighted by Gasteiger charge is 2.21. The standard InChI is InChI=1S/C18H23N3O3/c1-23-15-8-7-12(11-16(15)24-2)9-10-19-18(22)17-13-5-3-4-6-14(13)20-21-17/h7-8,11H,3-6,9-10H2,1-2H3,(H,19,22)(H,20,21). The van der Waals surface area contributed by atoms with E-state index in [4.69, 9.17) is 9.47 Å². The summed E-state index contributed by atoms with van der Waals surface area (Å²) in [5.41, 5.74) is 3.84. The van der Waals surface area contributed by atoms with E-state index in [0.29, 0.717) is 23.7 Å². The fourth-order valence-corrected chi connectivity index (χ4v) is 3.11. The quantitative estimate of drug-likeness (QED) is 0.852. The molecule has 0 bridgehead atoms. The number of carbonyl (C=O) groups is 1. The molecule has 2 aromatic rings. The van der Waals surface area contributed by atoms with E-state index >= 15 is 0 Å². The summed E-state index contributed by atoms with van der Waals surface area (Å²) in [4.78, 5) is 12.4. The predicted octanol–water partition coefficient (Wildman–Crippen LogP) is 2.28. The molecule has 3 rings (SSSR count). The zero-order valence-corrected chi connectivity index (χ0v) is 14.1. The van der Waals surface area contributed by atoms with E-state index in [2.05, 4.69) is 15.5 Å². The van der Waals surface area contributed by atoms with Gasteiger partial charge in [0, 0.05) is 17.8 Å². The number of nitrogens with zero attached hydrogens (tertiary/aromatic N) is 1. The molecule has 0 unspecified atom stereocenters. The van der Waals surface area contributed by atoms with E-state index in [1.165, 1.54) is 0 Å². The highest BCUT2D eigenvalue weighted by atomic mass is 16.5. The second-order valence-corrected chi connectivity index (χ2v) is 5.93. The minimum Gasteiger partial charge on any atom is -0.493 e. The van der Waals surface area contributed by atoms with Crippen molar-refractivity contribution < 1.29 is 14.3 Å². The van der Waals surface area contributed by atoms with Gasteiger partial charge >= 0.3 is 0 Å². The largest absolute Gasteiger partial charge is 0.493 e. The molecule has 1 heterocycles. The number of amides is 1. The van der Waals surface area contributed by atoms with Crippen LogP contribution in [0.2, 0.25) is 0 Å². The van der Waals surface area contributed by atoms with Gasteiger partial charge in [-0.05, 0) is 49.8 Å². The van der Waals surface area contributed by atoms with Crippen LogP contribution in [0.3, 0.4) is 0 Å². The number of aromatic nitrogens is 2. The molecule has 0 saturated carbocycles. The number of carbonyl (C=O) groups excluding carboxylic acids is 1. The van der Waals surface area contributed by atoms with Crippen molar-refractivity contribution in [3.8, 4) is 11.5 Å². The van der Waals surface area contributed by atoms with Gasteiger partial charge in [-0.25, -0.2) is 0 Å². The highest BCUT2D eigenvalue weighted by molar-refractivity contribution is 5.94. The number of nitrogens with one attached hydrogen (secondary N) is 2. The van der Waals surface area contributed by atoms with Crippen molar-refractivity contribution in [1.82, 2.24) is 15.5 Å². The third-order valence-corrected chi connectivity index (χ3v) is 4.42. The fourth-order valence-electron chi connectivity index (χ4n) is 3.11. The minimum absolute atomic E-state index is 0.102. The highest BCUT2D eigenvalue weighted by Crippen LogP contribution is 2.27. The molecule has 1 amide bonds. The average Bonchev–Trinajstić information content (AvgIpc) is 3.05. The normalized spacial score (nSPS) is 13.2. The second kappa shape index (κ2) is 7.38. The maximum Gasteiger partial charge on any atom is 0.272 e. The van der Waals surface area contributed by atoms with Gasteiger partial charge < -0.3 is 14.8 Å². The summed E-state index contributed by atoms with van der Waals surface area (Å²) in [6.07, 6.45) is 4.93. The number of methoxy groups -OCH3 is 2. The molecule has 0 aliphatic heterocycles. The summed E-state index contributed by atoms with van der Waals surface area (Å²) >= 11 is 0. The Hall–Kier alpha value is -2.50. The summed E-state index contributed by atoms with van der Waals surface area (Å²) in [5, 5.41) is 10.2.